The van der Waals surface area contributed by atoms with Gasteiger partial charge in [0.15, 0.2) is 5.84 Å². The number of ether oxygens (including phenoxy) is 1. The van der Waals surface area contributed by atoms with Crippen molar-refractivity contribution >= 4 is 5.84 Å². The lowest BCUT2D eigenvalue weighted by Crippen LogP contribution is -2.13. The summed E-state index contributed by atoms with van der Waals surface area (Å²) in [7, 11) is 0. The molecule has 0 aliphatic rings. The third-order valence-corrected chi connectivity index (χ3v) is 3.22. The fraction of sp³-hybridized carbons (Fsp3) is 0.188. The second-order valence-electron chi connectivity index (χ2n) is 4.68. The van der Waals surface area contributed by atoms with Crippen molar-refractivity contribution in [3.8, 4) is 5.75 Å². The molecule has 0 amide bonds. The van der Waals surface area contributed by atoms with Crippen LogP contribution in [0, 0.1) is 13.8 Å². The molecule has 0 aliphatic heterocycles. The number of nitrogens with two attached hydrogens (primary N) is 1. The quantitative estimate of drug-likeness (QED) is 0.388. The van der Waals surface area contributed by atoms with Gasteiger partial charge in [-0.2, -0.15) is 0 Å². The summed E-state index contributed by atoms with van der Waals surface area (Å²) in [6, 6.07) is 13.5. The van der Waals surface area contributed by atoms with Crippen LogP contribution in [0.3, 0.4) is 0 Å². The summed E-state index contributed by atoms with van der Waals surface area (Å²) >= 11 is 0. The first kappa shape index (κ1) is 13.9. The van der Waals surface area contributed by atoms with Crippen LogP contribution in [0.2, 0.25) is 0 Å². The van der Waals surface area contributed by atoms with Gasteiger partial charge in [0.25, 0.3) is 0 Å². The van der Waals surface area contributed by atoms with Gasteiger partial charge >= 0.3 is 0 Å². The van der Waals surface area contributed by atoms with E-state index in [4.69, 9.17) is 15.7 Å². The Labute approximate surface area is 118 Å². The maximum absolute atomic E-state index is 8.67. The van der Waals surface area contributed by atoms with Crippen LogP contribution in [0.25, 0.3) is 0 Å². The van der Waals surface area contributed by atoms with Crippen molar-refractivity contribution in [1.29, 1.82) is 0 Å². The minimum absolute atomic E-state index is 0.111. The molecule has 20 heavy (non-hydrogen) atoms. The maximum atomic E-state index is 8.67. The van der Waals surface area contributed by atoms with Gasteiger partial charge in [-0.1, -0.05) is 35.5 Å². The molecule has 0 heterocycles. The molecule has 2 rings (SSSR count). The van der Waals surface area contributed by atoms with Gasteiger partial charge < -0.3 is 15.7 Å². The average molecular weight is 270 g/mol. The molecule has 0 aliphatic carbocycles. The SMILES string of the molecule is Cc1cc(/C(N)=N/O)ccc1COc1ccccc1C. The van der Waals surface area contributed by atoms with Gasteiger partial charge in [-0.3, -0.25) is 0 Å². The monoisotopic (exact) mass is 270 g/mol. The summed E-state index contributed by atoms with van der Waals surface area (Å²) in [4.78, 5) is 0. The lowest BCUT2D eigenvalue weighted by molar-refractivity contribution is 0.303. The Kier molecular flexibility index (Phi) is 4.25. The molecular formula is C16H18N2O2. The van der Waals surface area contributed by atoms with Crippen LogP contribution in [-0.2, 0) is 6.61 Å². The molecule has 0 unspecified atom stereocenters. The second kappa shape index (κ2) is 6.10. The lowest BCUT2D eigenvalue weighted by atomic mass is 10.1. The minimum Gasteiger partial charge on any atom is -0.489 e. The van der Waals surface area contributed by atoms with E-state index in [1.165, 1.54) is 0 Å². The molecule has 0 saturated carbocycles. The van der Waals surface area contributed by atoms with E-state index in [-0.39, 0.29) is 5.84 Å². The number of benzene rings is 2. The molecule has 0 aromatic heterocycles. The van der Waals surface area contributed by atoms with Crippen molar-refractivity contribution in [3.63, 3.8) is 0 Å². The van der Waals surface area contributed by atoms with Crippen LogP contribution < -0.4 is 10.5 Å². The molecule has 4 heteroatoms. The van der Waals surface area contributed by atoms with E-state index >= 15 is 0 Å². The van der Waals surface area contributed by atoms with E-state index < -0.39 is 0 Å². The molecule has 4 nitrogen and oxygen atoms in total. The van der Waals surface area contributed by atoms with Crippen LogP contribution in [-0.4, -0.2) is 11.0 Å². The Morgan fingerprint density at radius 1 is 1.15 bits per heavy atom. The van der Waals surface area contributed by atoms with Gasteiger partial charge in [-0.05, 0) is 42.7 Å². The highest BCUT2D eigenvalue weighted by Gasteiger charge is 2.05. The van der Waals surface area contributed by atoms with Crippen molar-refractivity contribution < 1.29 is 9.94 Å². The Hall–Kier alpha value is -2.49. The molecule has 2 aromatic rings. The van der Waals surface area contributed by atoms with E-state index in [2.05, 4.69) is 5.16 Å². The number of rotatable bonds is 4. The summed E-state index contributed by atoms with van der Waals surface area (Å²) in [5.74, 6) is 0.992. The highest BCUT2D eigenvalue weighted by molar-refractivity contribution is 5.97. The smallest absolute Gasteiger partial charge is 0.170 e. The third-order valence-electron chi connectivity index (χ3n) is 3.22. The Bertz CT molecular complexity index is 636. The Balaban J connectivity index is 2.13. The predicted molar refractivity (Wildman–Crippen MR) is 79.2 cm³/mol. The van der Waals surface area contributed by atoms with Gasteiger partial charge in [0.2, 0.25) is 0 Å². The summed E-state index contributed by atoms with van der Waals surface area (Å²) < 4.78 is 5.82. The standard InChI is InChI=1S/C16H18N2O2/c1-11-5-3-4-6-15(11)20-10-14-8-7-13(9-12(14)2)16(17)18-19/h3-9,19H,10H2,1-2H3,(H2,17,18). The number of amidine groups is 1. The van der Waals surface area contributed by atoms with Crippen LogP contribution >= 0.6 is 0 Å². The molecule has 104 valence electrons. The molecule has 0 atom stereocenters. The molecule has 0 fully saturated rings. The zero-order valence-corrected chi connectivity index (χ0v) is 11.6. The molecule has 0 saturated heterocycles. The second-order valence-corrected chi connectivity index (χ2v) is 4.68. The molecule has 3 N–H and O–H groups in total. The molecular weight excluding hydrogens is 252 g/mol. The molecule has 0 spiro atoms. The van der Waals surface area contributed by atoms with E-state index in [0.29, 0.717) is 12.2 Å². The summed E-state index contributed by atoms with van der Waals surface area (Å²) in [6.45, 7) is 4.49. The van der Waals surface area contributed by atoms with Gasteiger partial charge in [0.1, 0.15) is 12.4 Å². The Morgan fingerprint density at radius 2 is 1.90 bits per heavy atom. The third kappa shape index (κ3) is 3.09. The first-order chi connectivity index (χ1) is 9.61. The highest BCUT2D eigenvalue weighted by Crippen LogP contribution is 2.19. The van der Waals surface area contributed by atoms with E-state index in [1.54, 1.807) is 0 Å². The normalized spacial score (nSPS) is 11.4. The van der Waals surface area contributed by atoms with Crippen molar-refractivity contribution in [2.75, 3.05) is 0 Å². The van der Waals surface area contributed by atoms with Gasteiger partial charge in [0, 0.05) is 5.56 Å². The molecule has 2 aromatic carbocycles. The van der Waals surface area contributed by atoms with Crippen LogP contribution in [0.4, 0.5) is 0 Å². The van der Waals surface area contributed by atoms with E-state index in [9.17, 15) is 0 Å². The van der Waals surface area contributed by atoms with Crippen LogP contribution in [0.15, 0.2) is 47.6 Å². The van der Waals surface area contributed by atoms with Gasteiger partial charge in [-0.15, -0.1) is 0 Å². The molecule has 0 radical (unpaired) electrons. The van der Waals surface area contributed by atoms with E-state index in [0.717, 1.165) is 22.4 Å². The minimum atomic E-state index is 0.111. The zero-order chi connectivity index (χ0) is 14.5. The number of aryl methyl sites for hydroxylation is 2. The topological polar surface area (TPSA) is 67.8 Å². The van der Waals surface area contributed by atoms with Crippen LogP contribution in [0.1, 0.15) is 22.3 Å². The van der Waals surface area contributed by atoms with Crippen molar-refractivity contribution in [1.82, 2.24) is 0 Å². The van der Waals surface area contributed by atoms with Crippen molar-refractivity contribution in [2.24, 2.45) is 10.9 Å². The van der Waals surface area contributed by atoms with E-state index in [1.807, 2.05) is 56.3 Å². The predicted octanol–water partition coefficient (Wildman–Crippen LogP) is 2.98. The maximum Gasteiger partial charge on any atom is 0.170 e. The lowest BCUT2D eigenvalue weighted by Gasteiger charge is -2.11. The average Bonchev–Trinajstić information content (AvgIpc) is 2.46. The Morgan fingerprint density at radius 3 is 2.55 bits per heavy atom. The number of nitrogens with zero attached hydrogens (tertiary/aromatic N) is 1. The number of para-hydroxylation sites is 1. The largest absolute Gasteiger partial charge is 0.489 e. The first-order valence-corrected chi connectivity index (χ1v) is 6.37. The number of hydrogen-bond acceptors (Lipinski definition) is 3. The highest BCUT2D eigenvalue weighted by atomic mass is 16.5. The zero-order valence-electron chi connectivity index (χ0n) is 11.6. The number of hydrogen-bond donors (Lipinski definition) is 2. The number of oxime groups is 1. The summed E-state index contributed by atoms with van der Waals surface area (Å²) in [5, 5.41) is 11.7. The fourth-order valence-electron chi connectivity index (χ4n) is 1.95. The van der Waals surface area contributed by atoms with Gasteiger partial charge in [-0.25, -0.2) is 0 Å². The molecule has 0 bridgehead atoms. The van der Waals surface area contributed by atoms with Gasteiger partial charge in [0.05, 0.1) is 0 Å². The fourth-order valence-corrected chi connectivity index (χ4v) is 1.95. The summed E-state index contributed by atoms with van der Waals surface area (Å²) in [6.07, 6.45) is 0. The summed E-state index contributed by atoms with van der Waals surface area (Å²) in [5.41, 5.74) is 9.49. The first-order valence-electron chi connectivity index (χ1n) is 6.37. The van der Waals surface area contributed by atoms with Crippen molar-refractivity contribution in [2.45, 2.75) is 20.5 Å². The van der Waals surface area contributed by atoms with Crippen LogP contribution in [0.5, 0.6) is 5.75 Å². The van der Waals surface area contributed by atoms with Crippen molar-refractivity contribution in [3.05, 3.63) is 64.7 Å².